The molecule has 0 saturated heterocycles. The summed E-state index contributed by atoms with van der Waals surface area (Å²) in [6.45, 7) is -0.743. The highest BCUT2D eigenvalue weighted by Gasteiger charge is 2.31. The molecule has 0 bridgehead atoms. The number of sulfonamides is 1. The number of nitrogens with one attached hydrogen (secondary N) is 1. The number of anilines is 1. The average molecular weight is 434 g/mol. The highest BCUT2D eigenvalue weighted by atomic mass is 35.5. The van der Waals surface area contributed by atoms with Crippen molar-refractivity contribution in [1.29, 1.82) is 0 Å². The standard InChI is InChI=1S/C17H15ClF3N3O3S/c1-28(26,27)24(15-7-3-5-13(9-15)17(19,20)21)11-16(25)23-22-10-12-4-2-6-14(18)8-12/h2-10H,11H2,1H3,(H,23,25)/b22-10-. The molecule has 0 unspecified atom stereocenters. The molecule has 1 N–H and O–H groups in total. The van der Waals surface area contributed by atoms with Gasteiger partial charge in [0.1, 0.15) is 6.54 Å². The molecule has 0 aliphatic heterocycles. The summed E-state index contributed by atoms with van der Waals surface area (Å²) in [7, 11) is -4.02. The molecule has 2 aromatic rings. The minimum absolute atomic E-state index is 0.286. The van der Waals surface area contributed by atoms with E-state index < -0.39 is 34.2 Å². The summed E-state index contributed by atoms with van der Waals surface area (Å²) in [4.78, 5) is 12.0. The lowest BCUT2D eigenvalue weighted by atomic mass is 10.2. The highest BCUT2D eigenvalue weighted by Crippen LogP contribution is 2.32. The van der Waals surface area contributed by atoms with Crippen LogP contribution in [0, 0.1) is 0 Å². The Labute approximate surface area is 164 Å². The van der Waals surface area contributed by atoms with Gasteiger partial charge in [-0.25, -0.2) is 13.8 Å². The lowest BCUT2D eigenvalue weighted by molar-refractivity contribution is -0.137. The van der Waals surface area contributed by atoms with Crippen LogP contribution in [0.3, 0.4) is 0 Å². The van der Waals surface area contributed by atoms with Crippen LogP contribution >= 0.6 is 11.6 Å². The number of hydrazone groups is 1. The summed E-state index contributed by atoms with van der Waals surface area (Å²) in [5, 5.41) is 4.14. The number of carbonyl (C=O) groups is 1. The Morgan fingerprint density at radius 1 is 1.21 bits per heavy atom. The van der Waals surface area contributed by atoms with Gasteiger partial charge in [-0.3, -0.25) is 9.10 Å². The zero-order valence-electron chi connectivity index (χ0n) is 14.4. The van der Waals surface area contributed by atoms with Crippen molar-refractivity contribution in [2.24, 2.45) is 5.10 Å². The normalized spacial score (nSPS) is 12.2. The smallest absolute Gasteiger partial charge is 0.271 e. The molecule has 0 aliphatic carbocycles. The topological polar surface area (TPSA) is 78.8 Å². The molecule has 0 aromatic heterocycles. The first kappa shape index (κ1) is 21.7. The van der Waals surface area contributed by atoms with Gasteiger partial charge < -0.3 is 0 Å². The second-order valence-corrected chi connectivity index (χ2v) is 8.01. The average Bonchev–Trinajstić information content (AvgIpc) is 2.58. The predicted octanol–water partition coefficient (Wildman–Crippen LogP) is 3.28. The van der Waals surface area contributed by atoms with Gasteiger partial charge in [-0.15, -0.1) is 0 Å². The van der Waals surface area contributed by atoms with E-state index >= 15 is 0 Å². The number of amides is 1. The number of carbonyl (C=O) groups excluding carboxylic acids is 1. The maximum atomic E-state index is 12.9. The first-order chi connectivity index (χ1) is 13.0. The van der Waals surface area contributed by atoms with Crippen LogP contribution in [0.5, 0.6) is 0 Å². The van der Waals surface area contributed by atoms with E-state index in [1.54, 1.807) is 24.3 Å². The maximum Gasteiger partial charge on any atom is 0.416 e. The van der Waals surface area contributed by atoms with E-state index in [2.05, 4.69) is 10.5 Å². The molecule has 0 fully saturated rings. The van der Waals surface area contributed by atoms with Gasteiger partial charge in [0.25, 0.3) is 5.91 Å². The van der Waals surface area contributed by atoms with Crippen LogP contribution in [0.25, 0.3) is 0 Å². The molecule has 28 heavy (non-hydrogen) atoms. The first-order valence-corrected chi connectivity index (χ1v) is 9.92. The molecule has 6 nitrogen and oxygen atoms in total. The summed E-state index contributed by atoms with van der Waals surface area (Å²) >= 11 is 5.82. The molecule has 1 amide bonds. The Bertz CT molecular complexity index is 994. The van der Waals surface area contributed by atoms with Gasteiger partial charge in [-0.05, 0) is 35.9 Å². The molecule has 2 rings (SSSR count). The number of hydrogen-bond acceptors (Lipinski definition) is 4. The Hall–Kier alpha value is -2.59. The predicted molar refractivity (Wildman–Crippen MR) is 101 cm³/mol. The maximum absolute atomic E-state index is 12.9. The molecular weight excluding hydrogens is 419 g/mol. The number of alkyl halides is 3. The largest absolute Gasteiger partial charge is 0.416 e. The van der Waals surface area contributed by atoms with Gasteiger partial charge in [0, 0.05) is 5.02 Å². The quantitative estimate of drug-likeness (QED) is 0.561. The minimum Gasteiger partial charge on any atom is -0.271 e. The Balaban J connectivity index is 2.16. The third-order valence-corrected chi connectivity index (χ3v) is 4.78. The van der Waals surface area contributed by atoms with Crippen molar-refractivity contribution >= 4 is 39.4 Å². The molecule has 0 radical (unpaired) electrons. The lowest BCUT2D eigenvalue weighted by Gasteiger charge is -2.22. The number of rotatable bonds is 6. The van der Waals surface area contributed by atoms with Gasteiger partial charge in [0.2, 0.25) is 10.0 Å². The minimum atomic E-state index is -4.65. The van der Waals surface area contributed by atoms with E-state index in [1.807, 2.05) is 0 Å². The molecule has 0 atom stereocenters. The van der Waals surface area contributed by atoms with Crippen molar-refractivity contribution in [3.63, 3.8) is 0 Å². The van der Waals surface area contributed by atoms with Crippen molar-refractivity contribution in [2.75, 3.05) is 17.1 Å². The van der Waals surface area contributed by atoms with E-state index in [4.69, 9.17) is 11.6 Å². The van der Waals surface area contributed by atoms with Gasteiger partial charge >= 0.3 is 6.18 Å². The van der Waals surface area contributed by atoms with E-state index in [-0.39, 0.29) is 5.69 Å². The number of halogens is 4. The van der Waals surface area contributed by atoms with Crippen molar-refractivity contribution in [1.82, 2.24) is 5.43 Å². The van der Waals surface area contributed by atoms with Crippen LogP contribution in [0.15, 0.2) is 53.6 Å². The Kier molecular flexibility index (Phi) is 6.68. The van der Waals surface area contributed by atoms with Gasteiger partial charge in [0.05, 0.1) is 23.7 Å². The Morgan fingerprint density at radius 2 is 1.89 bits per heavy atom. The fraction of sp³-hybridized carbons (Fsp3) is 0.176. The van der Waals surface area contributed by atoms with Crippen LogP contribution in [-0.2, 0) is 21.0 Å². The van der Waals surface area contributed by atoms with E-state index in [9.17, 15) is 26.4 Å². The Morgan fingerprint density at radius 3 is 2.50 bits per heavy atom. The van der Waals surface area contributed by atoms with Crippen molar-refractivity contribution in [3.8, 4) is 0 Å². The summed E-state index contributed by atoms with van der Waals surface area (Å²) in [6.07, 6.45) is -2.57. The fourth-order valence-corrected chi connectivity index (χ4v) is 3.22. The van der Waals surface area contributed by atoms with Gasteiger partial charge in [-0.2, -0.15) is 18.3 Å². The van der Waals surface area contributed by atoms with E-state index in [1.165, 1.54) is 12.3 Å². The molecular formula is C17H15ClF3N3O3S. The molecule has 2 aromatic carbocycles. The van der Waals surface area contributed by atoms with Crippen molar-refractivity contribution in [2.45, 2.75) is 6.18 Å². The van der Waals surface area contributed by atoms with Crippen LogP contribution in [-0.4, -0.2) is 33.3 Å². The fourth-order valence-electron chi connectivity index (χ4n) is 2.17. The number of nitrogens with zero attached hydrogens (tertiary/aromatic N) is 2. The summed E-state index contributed by atoms with van der Waals surface area (Å²) in [5.74, 6) is -0.832. The number of hydrogen-bond donors (Lipinski definition) is 1. The first-order valence-electron chi connectivity index (χ1n) is 7.69. The monoisotopic (exact) mass is 433 g/mol. The van der Waals surface area contributed by atoms with E-state index in [0.717, 1.165) is 18.4 Å². The lowest BCUT2D eigenvalue weighted by Crippen LogP contribution is -2.39. The van der Waals surface area contributed by atoms with Crippen LogP contribution in [0.2, 0.25) is 5.02 Å². The molecule has 0 saturated carbocycles. The molecule has 150 valence electrons. The second kappa shape index (κ2) is 8.61. The van der Waals surface area contributed by atoms with Crippen LogP contribution in [0.1, 0.15) is 11.1 Å². The van der Waals surface area contributed by atoms with Gasteiger partial charge in [0.15, 0.2) is 0 Å². The molecule has 11 heteroatoms. The second-order valence-electron chi connectivity index (χ2n) is 5.67. The van der Waals surface area contributed by atoms with Crippen molar-refractivity contribution in [3.05, 3.63) is 64.7 Å². The summed E-state index contributed by atoms with van der Waals surface area (Å²) in [6, 6.07) is 10.3. The zero-order chi connectivity index (χ0) is 20.9. The van der Waals surface area contributed by atoms with E-state index in [0.29, 0.717) is 21.0 Å². The third kappa shape index (κ3) is 6.24. The number of benzene rings is 2. The summed E-state index contributed by atoms with van der Waals surface area (Å²) < 4.78 is 63.1. The van der Waals surface area contributed by atoms with Crippen molar-refractivity contribution < 1.29 is 26.4 Å². The van der Waals surface area contributed by atoms with Gasteiger partial charge in [-0.1, -0.05) is 29.8 Å². The third-order valence-electron chi connectivity index (χ3n) is 3.40. The van der Waals surface area contributed by atoms with Crippen LogP contribution < -0.4 is 9.73 Å². The zero-order valence-corrected chi connectivity index (χ0v) is 16.0. The molecule has 0 spiro atoms. The summed E-state index contributed by atoms with van der Waals surface area (Å²) in [5.41, 5.74) is 1.40. The molecule has 0 heterocycles. The van der Waals surface area contributed by atoms with Crippen LogP contribution in [0.4, 0.5) is 18.9 Å². The highest BCUT2D eigenvalue weighted by molar-refractivity contribution is 7.92. The SMILES string of the molecule is CS(=O)(=O)N(CC(=O)N/N=C\c1cccc(Cl)c1)c1cccc(C(F)(F)F)c1. The molecule has 0 aliphatic rings.